The average Bonchev–Trinajstić information content (AvgIpc) is 1.97. The Morgan fingerprint density at radius 3 is 2.42 bits per heavy atom. The van der Waals surface area contributed by atoms with Crippen LogP contribution in [0.15, 0.2) is 12.1 Å². The van der Waals surface area contributed by atoms with E-state index in [1.807, 2.05) is 13.0 Å². The SMILES string of the molecule is Cc1ccc(Cl)c(C(=O)O)c1C. The lowest BCUT2D eigenvalue weighted by Gasteiger charge is -2.05. The molecular weight excluding hydrogens is 176 g/mol. The van der Waals surface area contributed by atoms with Gasteiger partial charge in [0.25, 0.3) is 0 Å². The Kier molecular flexibility index (Phi) is 2.38. The zero-order chi connectivity index (χ0) is 9.30. The van der Waals surface area contributed by atoms with Crippen LogP contribution >= 0.6 is 11.6 Å². The van der Waals surface area contributed by atoms with Gasteiger partial charge < -0.3 is 5.11 Å². The molecule has 0 aromatic heterocycles. The van der Waals surface area contributed by atoms with Gasteiger partial charge in [-0.25, -0.2) is 4.79 Å². The molecule has 1 N–H and O–H groups in total. The first-order valence-corrected chi connectivity index (χ1v) is 3.91. The summed E-state index contributed by atoms with van der Waals surface area (Å²) in [5.74, 6) is -0.971. The van der Waals surface area contributed by atoms with E-state index in [4.69, 9.17) is 16.7 Å². The first-order valence-electron chi connectivity index (χ1n) is 3.53. The molecule has 12 heavy (non-hydrogen) atoms. The van der Waals surface area contributed by atoms with E-state index >= 15 is 0 Å². The Morgan fingerprint density at radius 2 is 2.00 bits per heavy atom. The fraction of sp³-hybridized carbons (Fsp3) is 0.222. The average molecular weight is 185 g/mol. The highest BCUT2D eigenvalue weighted by Gasteiger charge is 2.12. The summed E-state index contributed by atoms with van der Waals surface area (Å²) in [5.41, 5.74) is 1.88. The van der Waals surface area contributed by atoms with Crippen LogP contribution in [0.4, 0.5) is 0 Å². The fourth-order valence-electron chi connectivity index (χ4n) is 1.05. The molecule has 1 aromatic carbocycles. The number of aromatic carboxylic acids is 1. The normalized spacial score (nSPS) is 9.92. The third-order valence-electron chi connectivity index (χ3n) is 1.90. The Bertz CT molecular complexity index is 332. The van der Waals surface area contributed by atoms with Gasteiger partial charge in [-0.2, -0.15) is 0 Å². The summed E-state index contributed by atoms with van der Waals surface area (Å²) >= 11 is 5.72. The van der Waals surface area contributed by atoms with Crippen LogP contribution in [0.25, 0.3) is 0 Å². The van der Waals surface area contributed by atoms with Crippen molar-refractivity contribution >= 4 is 17.6 Å². The zero-order valence-electron chi connectivity index (χ0n) is 6.89. The van der Waals surface area contributed by atoms with Gasteiger partial charge in [-0.05, 0) is 31.0 Å². The van der Waals surface area contributed by atoms with E-state index in [0.29, 0.717) is 5.02 Å². The largest absolute Gasteiger partial charge is 0.478 e. The van der Waals surface area contributed by atoms with Crippen molar-refractivity contribution < 1.29 is 9.90 Å². The molecule has 1 rings (SSSR count). The second kappa shape index (κ2) is 3.15. The van der Waals surface area contributed by atoms with Gasteiger partial charge in [-0.3, -0.25) is 0 Å². The molecule has 0 saturated heterocycles. The van der Waals surface area contributed by atoms with Gasteiger partial charge in [-0.15, -0.1) is 0 Å². The molecule has 0 heterocycles. The summed E-state index contributed by atoms with van der Waals surface area (Å²) in [4.78, 5) is 10.7. The van der Waals surface area contributed by atoms with Gasteiger partial charge in [0.1, 0.15) is 0 Å². The molecule has 0 aliphatic carbocycles. The number of aryl methyl sites for hydroxylation is 1. The molecule has 2 nitrogen and oxygen atoms in total. The molecule has 0 amide bonds. The molecule has 0 bridgehead atoms. The van der Waals surface area contributed by atoms with Crippen molar-refractivity contribution in [2.45, 2.75) is 13.8 Å². The van der Waals surface area contributed by atoms with E-state index in [2.05, 4.69) is 0 Å². The van der Waals surface area contributed by atoms with E-state index in [0.717, 1.165) is 11.1 Å². The molecule has 0 aliphatic heterocycles. The predicted octanol–water partition coefficient (Wildman–Crippen LogP) is 2.66. The smallest absolute Gasteiger partial charge is 0.337 e. The van der Waals surface area contributed by atoms with E-state index in [9.17, 15) is 4.79 Å². The van der Waals surface area contributed by atoms with Crippen molar-refractivity contribution in [1.82, 2.24) is 0 Å². The summed E-state index contributed by atoms with van der Waals surface area (Å²) in [6, 6.07) is 3.41. The summed E-state index contributed by atoms with van der Waals surface area (Å²) < 4.78 is 0. The lowest BCUT2D eigenvalue weighted by Crippen LogP contribution is -2.02. The van der Waals surface area contributed by atoms with Crippen molar-refractivity contribution in [3.8, 4) is 0 Å². The van der Waals surface area contributed by atoms with Gasteiger partial charge in [-0.1, -0.05) is 17.7 Å². The van der Waals surface area contributed by atoms with Gasteiger partial charge >= 0.3 is 5.97 Å². The van der Waals surface area contributed by atoms with Crippen LogP contribution in [-0.4, -0.2) is 11.1 Å². The van der Waals surface area contributed by atoms with Gasteiger partial charge in [0.15, 0.2) is 0 Å². The summed E-state index contributed by atoms with van der Waals surface area (Å²) in [7, 11) is 0. The molecule has 0 radical (unpaired) electrons. The van der Waals surface area contributed by atoms with Crippen molar-refractivity contribution in [3.05, 3.63) is 33.8 Å². The van der Waals surface area contributed by atoms with Crippen molar-refractivity contribution in [2.24, 2.45) is 0 Å². The number of hydrogen-bond donors (Lipinski definition) is 1. The molecule has 0 spiro atoms. The first-order chi connectivity index (χ1) is 5.54. The van der Waals surface area contributed by atoms with Crippen LogP contribution in [0.3, 0.4) is 0 Å². The minimum atomic E-state index is -0.971. The van der Waals surface area contributed by atoms with Crippen molar-refractivity contribution in [3.63, 3.8) is 0 Å². The number of benzene rings is 1. The molecule has 0 aliphatic rings. The van der Waals surface area contributed by atoms with Crippen molar-refractivity contribution in [1.29, 1.82) is 0 Å². The maximum Gasteiger partial charge on any atom is 0.337 e. The molecule has 3 heteroatoms. The van der Waals surface area contributed by atoms with E-state index in [1.54, 1.807) is 13.0 Å². The second-order valence-electron chi connectivity index (χ2n) is 2.67. The number of rotatable bonds is 1. The van der Waals surface area contributed by atoms with Crippen LogP contribution in [-0.2, 0) is 0 Å². The number of carboxylic acids is 1. The minimum Gasteiger partial charge on any atom is -0.478 e. The van der Waals surface area contributed by atoms with Crippen LogP contribution in [0.1, 0.15) is 21.5 Å². The molecule has 0 saturated carbocycles. The highest BCUT2D eigenvalue weighted by molar-refractivity contribution is 6.33. The van der Waals surface area contributed by atoms with E-state index in [-0.39, 0.29) is 5.56 Å². The highest BCUT2D eigenvalue weighted by Crippen LogP contribution is 2.22. The Morgan fingerprint density at radius 1 is 1.42 bits per heavy atom. The fourth-order valence-corrected chi connectivity index (χ4v) is 1.33. The van der Waals surface area contributed by atoms with E-state index in [1.165, 1.54) is 0 Å². The quantitative estimate of drug-likeness (QED) is 0.729. The van der Waals surface area contributed by atoms with Gasteiger partial charge in [0.2, 0.25) is 0 Å². The lowest BCUT2D eigenvalue weighted by atomic mass is 10.0. The molecule has 1 aromatic rings. The van der Waals surface area contributed by atoms with Crippen LogP contribution in [0.5, 0.6) is 0 Å². The van der Waals surface area contributed by atoms with Crippen LogP contribution in [0, 0.1) is 13.8 Å². The summed E-state index contributed by atoms with van der Waals surface area (Å²) in [6.07, 6.45) is 0. The third-order valence-corrected chi connectivity index (χ3v) is 2.21. The standard InChI is InChI=1S/C9H9ClO2/c1-5-3-4-7(10)8(6(5)2)9(11)12/h3-4H,1-2H3,(H,11,12). The van der Waals surface area contributed by atoms with Crippen LogP contribution < -0.4 is 0 Å². The maximum absolute atomic E-state index is 10.7. The molecule has 0 atom stereocenters. The topological polar surface area (TPSA) is 37.3 Å². The zero-order valence-corrected chi connectivity index (χ0v) is 7.64. The lowest BCUT2D eigenvalue weighted by molar-refractivity contribution is 0.0696. The molecular formula is C9H9ClO2. The monoisotopic (exact) mass is 184 g/mol. The molecule has 0 unspecified atom stereocenters. The predicted molar refractivity (Wildman–Crippen MR) is 47.9 cm³/mol. The van der Waals surface area contributed by atoms with Gasteiger partial charge in [0, 0.05) is 0 Å². The first kappa shape index (κ1) is 9.07. The number of carbonyl (C=O) groups is 1. The van der Waals surface area contributed by atoms with E-state index < -0.39 is 5.97 Å². The maximum atomic E-state index is 10.7. The highest BCUT2D eigenvalue weighted by atomic mass is 35.5. The number of hydrogen-bond acceptors (Lipinski definition) is 1. The molecule has 64 valence electrons. The summed E-state index contributed by atoms with van der Waals surface area (Å²) in [6.45, 7) is 3.61. The minimum absolute atomic E-state index is 0.205. The Labute approximate surface area is 75.8 Å². The van der Waals surface area contributed by atoms with Gasteiger partial charge in [0.05, 0.1) is 10.6 Å². The molecule has 0 fully saturated rings. The number of carboxylic acid groups (broad SMARTS) is 1. The Hall–Kier alpha value is -1.02. The summed E-state index contributed by atoms with van der Waals surface area (Å²) in [5, 5.41) is 9.08. The Balaban J connectivity index is 3.43. The third kappa shape index (κ3) is 1.43. The second-order valence-corrected chi connectivity index (χ2v) is 3.08. The number of halogens is 1. The van der Waals surface area contributed by atoms with Crippen molar-refractivity contribution in [2.75, 3.05) is 0 Å². The van der Waals surface area contributed by atoms with Crippen LogP contribution in [0.2, 0.25) is 5.02 Å².